The quantitative estimate of drug-likeness (QED) is 0.0286. The molecular weight excluding hydrogens is 1160 g/mol. The second-order valence-corrected chi connectivity index (χ2v) is 20.0. The number of hydrogen-bond donors (Lipinski definition) is 9. The molecule has 4 atom stereocenters. The number of amides is 2. The van der Waals surface area contributed by atoms with Crippen LogP contribution in [-0.2, 0) is 0 Å². The van der Waals surface area contributed by atoms with E-state index in [1.165, 1.54) is 39.9 Å². The second kappa shape index (κ2) is 27.3. The van der Waals surface area contributed by atoms with Gasteiger partial charge in [0, 0.05) is 82.5 Å². The summed E-state index contributed by atoms with van der Waals surface area (Å²) in [4.78, 5) is 50.5. The summed E-state index contributed by atoms with van der Waals surface area (Å²) in [5.74, 6) is 2.20. The summed E-state index contributed by atoms with van der Waals surface area (Å²) >= 11 is 0. The van der Waals surface area contributed by atoms with Gasteiger partial charge in [0.15, 0.2) is 16.9 Å². The predicted octanol–water partition coefficient (Wildman–Crippen LogP) is 9.15. The number of alkyl halides is 6. The number of rotatable bonds is 22. The Hall–Kier alpha value is -10.4. The standard InChI is InChI=1S/C19H22FN7O2.C18H18F3N7O.C18H19F2N7O2.CH4/c1-10(2)29-19-13(5-4-6-22-19)24-15-8-16(21-3)27-17(26-15)11(9-23-27)18(28)25-14-7-12(14)20;1-9(25-13-6-11(13)19)10-8-24-28-15(22-2)7-14(27-16(10)28)26-12-4-3-5-23-17(12)29-18(20)21;1-21-14-8-13(25-12-6-3-7-22-17(12)29-18(19)20)26-15-11(9-23-27(14)15)16(28)24-10-4-2-5-10;/h4-6,8-10,12,14,21H,7H2,1-3H3,(H,24,26)(H,25,28);3-5,7-8,11,13,18,22,25H,1,6H2,2H3,(H,26,27);3,6-10,18,21H,2,4-5H2,1H3,(H,24,28)(H,25,26);1H4/t12-,14+;11-,13+;;/m11../s1. The maximum Gasteiger partial charge on any atom is 0.388 e. The average molecular weight is 1220 g/mol. The highest BCUT2D eigenvalue weighted by Gasteiger charge is 2.40. The van der Waals surface area contributed by atoms with Crippen molar-refractivity contribution in [1.29, 1.82) is 0 Å². The van der Waals surface area contributed by atoms with Crippen LogP contribution in [0.25, 0.3) is 22.6 Å². The Morgan fingerprint density at radius 2 is 0.932 bits per heavy atom. The van der Waals surface area contributed by atoms with E-state index in [0.717, 1.165) is 19.3 Å². The van der Waals surface area contributed by atoms with Crippen LogP contribution in [0.3, 0.4) is 0 Å². The van der Waals surface area contributed by atoms with E-state index in [9.17, 15) is 35.9 Å². The lowest BCUT2D eigenvalue weighted by molar-refractivity contribution is -0.0529. The summed E-state index contributed by atoms with van der Waals surface area (Å²) in [6.45, 7) is 1.77. The lowest BCUT2D eigenvalue weighted by Gasteiger charge is -2.26. The Kier molecular flexibility index (Phi) is 19.3. The van der Waals surface area contributed by atoms with Crippen LogP contribution >= 0.6 is 0 Å². The number of hydrogen-bond acceptors (Lipinski definition) is 21. The van der Waals surface area contributed by atoms with Crippen molar-refractivity contribution in [3.8, 4) is 17.6 Å². The third-order valence-electron chi connectivity index (χ3n) is 13.4. The van der Waals surface area contributed by atoms with Crippen LogP contribution in [0.2, 0.25) is 0 Å². The monoisotopic (exact) mass is 1220 g/mol. The molecule has 3 aliphatic carbocycles. The minimum atomic E-state index is -3.01. The molecule has 0 saturated heterocycles. The van der Waals surface area contributed by atoms with Crippen molar-refractivity contribution in [2.24, 2.45) is 0 Å². The zero-order valence-electron chi connectivity index (χ0n) is 47.2. The number of pyridine rings is 3. The van der Waals surface area contributed by atoms with Crippen LogP contribution in [0.15, 0.2) is 98.4 Å². The number of anilines is 9. The first-order valence-corrected chi connectivity index (χ1v) is 27.2. The third-order valence-corrected chi connectivity index (χ3v) is 13.4. The Balaban J connectivity index is 0.000000156. The molecule has 2 amide bonds. The summed E-state index contributed by atoms with van der Waals surface area (Å²) in [5, 5.41) is 39.5. The molecule has 3 saturated carbocycles. The first-order valence-electron chi connectivity index (χ1n) is 27.2. The van der Waals surface area contributed by atoms with Gasteiger partial charge >= 0.3 is 13.2 Å². The second-order valence-electron chi connectivity index (χ2n) is 20.0. The first-order chi connectivity index (χ1) is 42.0. The molecule has 9 heterocycles. The minimum absolute atomic E-state index is 0. The maximum absolute atomic E-state index is 13.2. The van der Waals surface area contributed by atoms with Gasteiger partial charge in [-0.3, -0.25) is 9.59 Å². The molecule has 9 aromatic heterocycles. The van der Waals surface area contributed by atoms with Crippen LogP contribution in [0, 0.1) is 0 Å². The fraction of sp³-hybridized carbons (Fsp3) is 0.339. The topological polar surface area (TPSA) is 299 Å². The molecular formula is C56H63F6N21O5. The van der Waals surface area contributed by atoms with Gasteiger partial charge in [-0.05, 0) is 69.5 Å². The lowest BCUT2D eigenvalue weighted by Crippen LogP contribution is -2.39. The number of fused-ring (bicyclic) bond motifs is 3. The van der Waals surface area contributed by atoms with E-state index in [1.54, 1.807) is 80.5 Å². The number of nitrogens with one attached hydrogen (secondary N) is 9. The van der Waals surface area contributed by atoms with E-state index >= 15 is 0 Å². The molecule has 9 N–H and O–H groups in total. The van der Waals surface area contributed by atoms with Crippen molar-refractivity contribution < 1.29 is 50.1 Å². The van der Waals surface area contributed by atoms with Crippen LogP contribution in [0.4, 0.5) is 78.3 Å². The van der Waals surface area contributed by atoms with E-state index in [0.29, 0.717) is 93.1 Å². The lowest BCUT2D eigenvalue weighted by atomic mass is 9.93. The highest BCUT2D eigenvalue weighted by molar-refractivity contribution is 6.01. The number of ether oxygens (including phenoxy) is 3. The summed E-state index contributed by atoms with van der Waals surface area (Å²) in [7, 11) is 5.15. The van der Waals surface area contributed by atoms with Crippen molar-refractivity contribution in [2.75, 3.05) is 53.0 Å². The van der Waals surface area contributed by atoms with Gasteiger partial charge in [-0.2, -0.15) is 46.4 Å². The molecule has 0 aliphatic heterocycles. The SMILES string of the molecule is C.C=C(N[C@H]1C[C@H]1F)c1cnn2c(NC)cc(Nc3cccnc3OC(F)F)nc12.CNc1cc(Nc2cccnc2OC(C)C)nc2c(C(=O)N[C@H]3C[C@H]3F)cnn12.CNc1cc(Nc2cccnc2OC(F)F)nc2c(C(=O)NC3CCC3)cnn12. The smallest absolute Gasteiger partial charge is 0.388 e. The maximum atomic E-state index is 13.2. The van der Waals surface area contributed by atoms with Gasteiger partial charge in [-0.1, -0.05) is 14.0 Å². The molecule has 0 bridgehead atoms. The van der Waals surface area contributed by atoms with E-state index in [-0.39, 0.29) is 60.2 Å². The molecule has 12 rings (SSSR count). The molecule has 9 aromatic rings. The predicted molar refractivity (Wildman–Crippen MR) is 317 cm³/mol. The van der Waals surface area contributed by atoms with Gasteiger partial charge in [0.2, 0.25) is 17.6 Å². The van der Waals surface area contributed by atoms with E-state index in [2.05, 4.69) is 109 Å². The zero-order chi connectivity index (χ0) is 61.5. The highest BCUT2D eigenvalue weighted by atomic mass is 19.3. The molecule has 0 spiro atoms. The van der Waals surface area contributed by atoms with Crippen molar-refractivity contribution in [3.05, 3.63) is 115 Å². The Bertz CT molecular complexity index is 3560. The summed E-state index contributed by atoms with van der Waals surface area (Å²) in [5.41, 5.74) is 3.91. The average Bonchev–Trinajstić information content (AvgIpc) is 2.50. The molecule has 32 heteroatoms. The van der Waals surface area contributed by atoms with Crippen molar-refractivity contribution in [3.63, 3.8) is 0 Å². The van der Waals surface area contributed by atoms with Crippen molar-refractivity contribution in [2.45, 2.75) is 103 Å². The molecule has 26 nitrogen and oxygen atoms in total. The van der Waals surface area contributed by atoms with E-state index < -0.39 is 37.5 Å². The van der Waals surface area contributed by atoms with Gasteiger partial charge in [-0.15, -0.1) is 0 Å². The first kappa shape index (κ1) is 62.1. The van der Waals surface area contributed by atoms with Crippen LogP contribution in [0.5, 0.6) is 17.6 Å². The zero-order valence-corrected chi connectivity index (χ0v) is 47.2. The molecule has 3 aliphatic rings. The largest absolute Gasteiger partial charge is 0.473 e. The van der Waals surface area contributed by atoms with E-state index in [4.69, 9.17) is 4.74 Å². The number of carbonyl (C=O) groups is 2. The highest BCUT2D eigenvalue weighted by Crippen LogP contribution is 2.34. The van der Waals surface area contributed by atoms with Crippen molar-refractivity contribution in [1.82, 2.24) is 74.7 Å². The van der Waals surface area contributed by atoms with Crippen LogP contribution in [-0.4, -0.2) is 141 Å². The van der Waals surface area contributed by atoms with Gasteiger partial charge in [0.05, 0.1) is 42.3 Å². The third kappa shape index (κ3) is 14.6. The summed E-state index contributed by atoms with van der Waals surface area (Å²) < 4.78 is 96.1. The molecule has 88 heavy (non-hydrogen) atoms. The summed E-state index contributed by atoms with van der Waals surface area (Å²) in [6.07, 6.45) is 10.7. The van der Waals surface area contributed by atoms with Crippen molar-refractivity contribution >= 4 is 86.4 Å². The minimum Gasteiger partial charge on any atom is -0.473 e. The fourth-order valence-electron chi connectivity index (χ4n) is 8.68. The normalized spacial score (nSPS) is 16.4. The van der Waals surface area contributed by atoms with Crippen LogP contribution in [0.1, 0.15) is 79.7 Å². The Morgan fingerprint density at radius 3 is 1.28 bits per heavy atom. The molecule has 0 unspecified atom stereocenters. The van der Waals surface area contributed by atoms with Gasteiger partial charge in [-0.25, -0.2) is 38.7 Å². The molecule has 0 aromatic carbocycles. The van der Waals surface area contributed by atoms with Gasteiger partial charge < -0.3 is 62.1 Å². The van der Waals surface area contributed by atoms with Gasteiger partial charge in [0.1, 0.15) is 75.4 Å². The Morgan fingerprint density at radius 1 is 0.568 bits per heavy atom. The van der Waals surface area contributed by atoms with E-state index in [1.807, 2.05) is 19.9 Å². The molecule has 3 fully saturated rings. The molecule has 464 valence electrons. The fourth-order valence-corrected chi connectivity index (χ4v) is 8.68. The van der Waals surface area contributed by atoms with Gasteiger partial charge in [0.25, 0.3) is 11.8 Å². The number of carbonyl (C=O) groups excluding carboxylic acids is 2. The Labute approximate surface area is 498 Å². The summed E-state index contributed by atoms with van der Waals surface area (Å²) in [6, 6.07) is 14.4. The number of halogens is 6. The van der Waals surface area contributed by atoms with Crippen LogP contribution < -0.4 is 62.1 Å². The number of nitrogens with zero attached hydrogens (tertiary/aromatic N) is 12. The number of aromatic nitrogens is 12. The molecule has 0 radical (unpaired) electrons.